The molecule has 0 saturated carbocycles. The molecule has 6 heteroatoms. The molecular formula is C12H13NO5. The third kappa shape index (κ3) is 2.43. The minimum atomic E-state index is -1.59. The number of carboxylic acids is 1. The number of para-hydroxylation sites is 1. The second-order valence-electron chi connectivity index (χ2n) is 4.00. The molecule has 0 bridgehead atoms. The van der Waals surface area contributed by atoms with Crippen LogP contribution < -0.4 is 10.1 Å². The van der Waals surface area contributed by atoms with E-state index in [-0.39, 0.29) is 19.1 Å². The van der Waals surface area contributed by atoms with E-state index in [1.165, 1.54) is 0 Å². The van der Waals surface area contributed by atoms with Crippen LogP contribution in [0.5, 0.6) is 5.75 Å². The lowest BCUT2D eigenvalue weighted by molar-refractivity contribution is -0.146. The number of hydrogen-bond acceptors (Lipinski definition) is 4. The van der Waals surface area contributed by atoms with E-state index < -0.39 is 18.0 Å². The van der Waals surface area contributed by atoms with Gasteiger partial charge in [0.1, 0.15) is 18.3 Å². The average Bonchev–Trinajstić information content (AvgIpc) is 2.79. The summed E-state index contributed by atoms with van der Waals surface area (Å²) in [4.78, 5) is 22.2. The fourth-order valence-electron chi connectivity index (χ4n) is 1.79. The number of benzene rings is 1. The summed E-state index contributed by atoms with van der Waals surface area (Å²) in [5, 5.41) is 20.0. The lowest BCUT2D eigenvalue weighted by atomic mass is 10.0. The van der Waals surface area contributed by atoms with Gasteiger partial charge in [-0.05, 0) is 6.07 Å². The highest BCUT2D eigenvalue weighted by molar-refractivity contribution is 5.86. The van der Waals surface area contributed by atoms with Gasteiger partial charge in [0.25, 0.3) is 0 Å². The molecule has 2 atom stereocenters. The molecule has 0 aromatic heterocycles. The van der Waals surface area contributed by atoms with Gasteiger partial charge in [-0.25, -0.2) is 4.79 Å². The van der Waals surface area contributed by atoms with E-state index >= 15 is 0 Å². The third-order valence-corrected chi connectivity index (χ3v) is 2.77. The Hall–Kier alpha value is -2.08. The van der Waals surface area contributed by atoms with Gasteiger partial charge >= 0.3 is 5.97 Å². The summed E-state index contributed by atoms with van der Waals surface area (Å²) in [6.45, 7) is -0.0822. The first-order chi connectivity index (χ1) is 8.59. The maximum Gasteiger partial charge on any atom is 0.334 e. The van der Waals surface area contributed by atoms with Crippen molar-refractivity contribution in [3.8, 4) is 5.75 Å². The van der Waals surface area contributed by atoms with Gasteiger partial charge in [0.2, 0.25) is 5.91 Å². The van der Waals surface area contributed by atoms with Crippen LogP contribution >= 0.6 is 0 Å². The number of carbonyl (C=O) groups is 2. The number of amides is 1. The number of carboxylic acid groups (broad SMARTS) is 1. The standard InChI is InChI=1S/C12H13NO5/c14-9(12(16)17)5-13-11(15)8-6-18-10-4-2-1-3-7(8)10/h1-4,8-9,14H,5-6H2,(H,13,15)(H,16,17). The van der Waals surface area contributed by atoms with Crippen molar-refractivity contribution in [3.05, 3.63) is 29.8 Å². The Morgan fingerprint density at radius 2 is 2.17 bits per heavy atom. The first kappa shape index (κ1) is 12.4. The average molecular weight is 251 g/mol. The molecule has 0 radical (unpaired) electrons. The van der Waals surface area contributed by atoms with Crippen LogP contribution in [0.4, 0.5) is 0 Å². The van der Waals surface area contributed by atoms with Crippen molar-refractivity contribution in [2.45, 2.75) is 12.0 Å². The zero-order valence-corrected chi connectivity index (χ0v) is 9.50. The Morgan fingerprint density at radius 3 is 2.89 bits per heavy atom. The smallest absolute Gasteiger partial charge is 0.334 e. The first-order valence-corrected chi connectivity index (χ1v) is 5.50. The molecule has 1 aliphatic rings. The van der Waals surface area contributed by atoms with E-state index in [9.17, 15) is 9.59 Å². The van der Waals surface area contributed by atoms with Gasteiger partial charge in [0.05, 0.1) is 6.54 Å². The number of aliphatic hydroxyl groups excluding tert-OH is 1. The number of aliphatic carboxylic acids is 1. The number of nitrogens with one attached hydrogen (secondary N) is 1. The molecule has 2 unspecified atom stereocenters. The summed E-state index contributed by atoms with van der Waals surface area (Å²) in [5.41, 5.74) is 0.778. The minimum Gasteiger partial charge on any atom is -0.492 e. The summed E-state index contributed by atoms with van der Waals surface area (Å²) >= 11 is 0. The second kappa shape index (κ2) is 5.05. The van der Waals surface area contributed by atoms with Gasteiger partial charge in [-0.1, -0.05) is 18.2 Å². The number of fused-ring (bicyclic) bond motifs is 1. The van der Waals surface area contributed by atoms with Crippen molar-refractivity contribution in [1.82, 2.24) is 5.32 Å². The zero-order chi connectivity index (χ0) is 13.1. The van der Waals surface area contributed by atoms with Gasteiger partial charge in [-0.2, -0.15) is 0 Å². The van der Waals surface area contributed by atoms with Crippen molar-refractivity contribution in [2.24, 2.45) is 0 Å². The number of ether oxygens (including phenoxy) is 1. The summed E-state index contributed by atoms with van der Waals surface area (Å²) in [6.07, 6.45) is -1.59. The van der Waals surface area contributed by atoms with Crippen LogP contribution in [0, 0.1) is 0 Å². The van der Waals surface area contributed by atoms with E-state index in [1.807, 2.05) is 6.07 Å². The normalized spacial score (nSPS) is 18.6. The van der Waals surface area contributed by atoms with Crippen LogP contribution in [0.15, 0.2) is 24.3 Å². The molecule has 0 saturated heterocycles. The van der Waals surface area contributed by atoms with Gasteiger partial charge in [0.15, 0.2) is 6.10 Å². The number of aliphatic hydroxyl groups is 1. The Morgan fingerprint density at radius 1 is 1.44 bits per heavy atom. The molecule has 96 valence electrons. The molecule has 0 aliphatic carbocycles. The minimum absolute atomic E-state index is 0.231. The molecule has 3 N–H and O–H groups in total. The number of rotatable bonds is 4. The molecule has 1 amide bonds. The predicted molar refractivity (Wildman–Crippen MR) is 61.3 cm³/mol. The fraction of sp³-hybridized carbons (Fsp3) is 0.333. The van der Waals surface area contributed by atoms with Crippen LogP contribution in [-0.4, -0.2) is 41.3 Å². The highest BCUT2D eigenvalue weighted by Crippen LogP contribution is 2.33. The second-order valence-corrected chi connectivity index (χ2v) is 4.00. The van der Waals surface area contributed by atoms with Crippen molar-refractivity contribution < 1.29 is 24.5 Å². The number of hydrogen-bond donors (Lipinski definition) is 3. The summed E-state index contributed by atoms with van der Waals surface area (Å²) < 4.78 is 5.35. The largest absolute Gasteiger partial charge is 0.492 e. The van der Waals surface area contributed by atoms with Gasteiger partial charge in [0, 0.05) is 5.56 Å². The van der Waals surface area contributed by atoms with Gasteiger partial charge in [-0.3, -0.25) is 4.79 Å². The van der Waals surface area contributed by atoms with Gasteiger partial charge < -0.3 is 20.3 Å². The van der Waals surface area contributed by atoms with E-state index in [0.717, 1.165) is 5.56 Å². The molecule has 0 fully saturated rings. The quantitative estimate of drug-likeness (QED) is 0.684. The lowest BCUT2D eigenvalue weighted by Crippen LogP contribution is -2.39. The Kier molecular flexibility index (Phi) is 3.47. The molecule has 1 aromatic rings. The van der Waals surface area contributed by atoms with E-state index in [1.54, 1.807) is 18.2 Å². The molecular weight excluding hydrogens is 238 g/mol. The topological polar surface area (TPSA) is 95.9 Å². The van der Waals surface area contributed by atoms with E-state index in [0.29, 0.717) is 5.75 Å². The molecule has 0 spiro atoms. The number of carbonyl (C=O) groups excluding carboxylic acids is 1. The summed E-state index contributed by atoms with van der Waals surface area (Å²) in [6, 6.07) is 7.18. The van der Waals surface area contributed by atoms with Crippen LogP contribution in [0.1, 0.15) is 11.5 Å². The van der Waals surface area contributed by atoms with Crippen molar-refractivity contribution in [1.29, 1.82) is 0 Å². The highest BCUT2D eigenvalue weighted by atomic mass is 16.5. The maximum absolute atomic E-state index is 11.8. The van der Waals surface area contributed by atoms with Crippen LogP contribution in [0.2, 0.25) is 0 Å². The van der Waals surface area contributed by atoms with Crippen LogP contribution in [0.3, 0.4) is 0 Å². The van der Waals surface area contributed by atoms with Crippen molar-refractivity contribution >= 4 is 11.9 Å². The third-order valence-electron chi connectivity index (χ3n) is 2.77. The Bertz CT molecular complexity index is 473. The Labute approximate surface area is 103 Å². The molecule has 1 aliphatic heterocycles. The van der Waals surface area contributed by atoms with Crippen molar-refractivity contribution in [2.75, 3.05) is 13.2 Å². The molecule has 1 heterocycles. The predicted octanol–water partition coefficient (Wildman–Crippen LogP) is -0.276. The molecule has 18 heavy (non-hydrogen) atoms. The highest BCUT2D eigenvalue weighted by Gasteiger charge is 2.30. The zero-order valence-electron chi connectivity index (χ0n) is 9.50. The van der Waals surface area contributed by atoms with E-state index in [4.69, 9.17) is 14.9 Å². The first-order valence-electron chi connectivity index (χ1n) is 5.50. The fourth-order valence-corrected chi connectivity index (χ4v) is 1.79. The van der Waals surface area contributed by atoms with Crippen LogP contribution in [0.25, 0.3) is 0 Å². The summed E-state index contributed by atoms with van der Waals surface area (Å²) in [5.74, 6) is -1.50. The van der Waals surface area contributed by atoms with Gasteiger partial charge in [-0.15, -0.1) is 0 Å². The molecule has 1 aromatic carbocycles. The SMILES string of the molecule is O=C(O)C(O)CNC(=O)C1COc2ccccc21. The Balaban J connectivity index is 1.97. The lowest BCUT2D eigenvalue weighted by Gasteiger charge is -2.11. The summed E-state index contributed by atoms with van der Waals surface area (Å²) in [7, 11) is 0. The molecule has 6 nitrogen and oxygen atoms in total. The monoisotopic (exact) mass is 251 g/mol. The maximum atomic E-state index is 11.8. The van der Waals surface area contributed by atoms with E-state index in [2.05, 4.69) is 5.32 Å². The van der Waals surface area contributed by atoms with Crippen molar-refractivity contribution in [3.63, 3.8) is 0 Å². The van der Waals surface area contributed by atoms with Crippen LogP contribution in [-0.2, 0) is 9.59 Å². The molecule has 2 rings (SSSR count).